The monoisotopic (exact) mass is 382 g/mol. The van der Waals surface area contributed by atoms with Gasteiger partial charge in [-0.3, -0.25) is 9.59 Å². The first-order valence-electron chi connectivity index (χ1n) is 9.90. The lowest BCUT2D eigenvalue weighted by Crippen LogP contribution is -3.11. The van der Waals surface area contributed by atoms with E-state index in [1.165, 1.54) is 0 Å². The molecule has 0 saturated carbocycles. The van der Waals surface area contributed by atoms with Gasteiger partial charge in [0.15, 0.2) is 13.1 Å². The maximum absolute atomic E-state index is 12.5. The zero-order valence-corrected chi connectivity index (χ0v) is 17.6. The van der Waals surface area contributed by atoms with Crippen LogP contribution in [0.4, 0.5) is 11.4 Å². The number of benzene rings is 2. The Kier molecular flexibility index (Phi) is 7.76. The molecular weight excluding hydrogens is 350 g/mol. The number of hydrogen-bond acceptors (Lipinski definition) is 2. The second-order valence-electron chi connectivity index (χ2n) is 7.61. The molecule has 0 spiro atoms. The molecule has 2 amide bonds. The van der Waals surface area contributed by atoms with Gasteiger partial charge in [0.25, 0.3) is 11.8 Å². The highest BCUT2D eigenvalue weighted by Crippen LogP contribution is 2.27. The molecule has 2 aromatic carbocycles. The lowest BCUT2D eigenvalue weighted by atomic mass is 9.98. The predicted octanol–water partition coefficient (Wildman–Crippen LogP) is 2.77. The van der Waals surface area contributed by atoms with E-state index in [0.29, 0.717) is 5.92 Å². The van der Waals surface area contributed by atoms with Crippen LogP contribution in [0.5, 0.6) is 0 Å². The van der Waals surface area contributed by atoms with Crippen molar-refractivity contribution in [2.24, 2.45) is 0 Å². The normalized spacial score (nSPS) is 11.9. The molecule has 2 aromatic rings. The molecule has 28 heavy (non-hydrogen) atoms. The first kappa shape index (κ1) is 21.6. The maximum atomic E-state index is 12.5. The highest BCUT2D eigenvalue weighted by molar-refractivity contribution is 5.94. The number of aryl methyl sites for hydroxylation is 2. The van der Waals surface area contributed by atoms with Gasteiger partial charge in [0, 0.05) is 11.4 Å². The summed E-state index contributed by atoms with van der Waals surface area (Å²) in [6.07, 6.45) is 0.857. The van der Waals surface area contributed by atoms with Crippen molar-refractivity contribution in [1.29, 1.82) is 0 Å². The molecule has 0 fully saturated rings. The summed E-state index contributed by atoms with van der Waals surface area (Å²) < 4.78 is 0. The molecule has 2 rings (SSSR count). The number of anilines is 2. The van der Waals surface area contributed by atoms with E-state index >= 15 is 0 Å². The molecule has 0 aliphatic rings. The Hall–Kier alpha value is -2.66. The fraction of sp³-hybridized carbons (Fsp3) is 0.391. The summed E-state index contributed by atoms with van der Waals surface area (Å²) in [7, 11) is 1.85. The van der Waals surface area contributed by atoms with Crippen LogP contribution < -0.4 is 15.5 Å². The number of quaternary nitrogens is 1. The maximum Gasteiger partial charge on any atom is 0.279 e. The zero-order chi connectivity index (χ0) is 20.7. The fourth-order valence-electron chi connectivity index (χ4n) is 3.28. The lowest BCUT2D eigenvalue weighted by Gasteiger charge is -2.18. The van der Waals surface area contributed by atoms with Crippen molar-refractivity contribution in [2.75, 3.05) is 30.8 Å². The minimum Gasteiger partial charge on any atom is -0.322 e. The van der Waals surface area contributed by atoms with Gasteiger partial charge in [0.05, 0.1) is 7.05 Å². The van der Waals surface area contributed by atoms with E-state index in [4.69, 9.17) is 0 Å². The van der Waals surface area contributed by atoms with E-state index in [-0.39, 0.29) is 24.9 Å². The molecule has 0 aliphatic carbocycles. The number of para-hydroxylation sites is 2. The van der Waals surface area contributed by atoms with E-state index in [1.54, 1.807) is 0 Å². The molecule has 1 atom stereocenters. The lowest BCUT2D eigenvalue weighted by molar-refractivity contribution is -0.862. The molecule has 1 unspecified atom stereocenters. The third-order valence-electron chi connectivity index (χ3n) is 4.79. The van der Waals surface area contributed by atoms with Gasteiger partial charge in [0.2, 0.25) is 0 Å². The SMILES string of the molecule is CCc1ccccc1NC(=O)C[NH+](C)CC(=O)Nc1c(C)cccc1C(C)C. The van der Waals surface area contributed by atoms with Gasteiger partial charge in [-0.05, 0) is 42.0 Å². The van der Waals surface area contributed by atoms with E-state index in [9.17, 15) is 9.59 Å². The van der Waals surface area contributed by atoms with Crippen LogP contribution >= 0.6 is 0 Å². The smallest absolute Gasteiger partial charge is 0.279 e. The van der Waals surface area contributed by atoms with Crippen LogP contribution in [-0.4, -0.2) is 32.0 Å². The first-order chi connectivity index (χ1) is 13.3. The average Bonchev–Trinajstić information content (AvgIpc) is 2.63. The summed E-state index contributed by atoms with van der Waals surface area (Å²) in [6.45, 7) is 8.74. The van der Waals surface area contributed by atoms with E-state index in [1.807, 2.05) is 56.4 Å². The van der Waals surface area contributed by atoms with Crippen LogP contribution in [0.3, 0.4) is 0 Å². The Morgan fingerprint density at radius 3 is 2.25 bits per heavy atom. The molecule has 150 valence electrons. The van der Waals surface area contributed by atoms with Crippen LogP contribution in [0, 0.1) is 6.92 Å². The topological polar surface area (TPSA) is 62.6 Å². The van der Waals surface area contributed by atoms with Crippen molar-refractivity contribution < 1.29 is 14.5 Å². The largest absolute Gasteiger partial charge is 0.322 e. The summed E-state index contributed by atoms with van der Waals surface area (Å²) in [5, 5.41) is 6.00. The van der Waals surface area contributed by atoms with Crippen LogP contribution in [0.2, 0.25) is 0 Å². The Morgan fingerprint density at radius 1 is 0.964 bits per heavy atom. The molecule has 0 aromatic heterocycles. The number of carbonyl (C=O) groups excluding carboxylic acids is 2. The molecule has 5 nitrogen and oxygen atoms in total. The number of likely N-dealkylation sites (N-methyl/N-ethyl adjacent to an activating group) is 1. The van der Waals surface area contributed by atoms with Crippen LogP contribution in [-0.2, 0) is 16.0 Å². The second kappa shape index (κ2) is 10.0. The van der Waals surface area contributed by atoms with Crippen molar-refractivity contribution in [3.63, 3.8) is 0 Å². The second-order valence-corrected chi connectivity index (χ2v) is 7.61. The van der Waals surface area contributed by atoms with Crippen molar-refractivity contribution in [1.82, 2.24) is 0 Å². The van der Waals surface area contributed by atoms with Crippen molar-refractivity contribution >= 4 is 23.2 Å². The van der Waals surface area contributed by atoms with Crippen molar-refractivity contribution in [3.8, 4) is 0 Å². The summed E-state index contributed by atoms with van der Waals surface area (Å²) in [6, 6.07) is 13.8. The van der Waals surface area contributed by atoms with Gasteiger partial charge >= 0.3 is 0 Å². The number of rotatable bonds is 8. The molecular formula is C23H32N3O2+. The Balaban J connectivity index is 1.93. The van der Waals surface area contributed by atoms with Gasteiger partial charge in [0.1, 0.15) is 0 Å². The number of carbonyl (C=O) groups is 2. The molecule has 0 radical (unpaired) electrons. The van der Waals surface area contributed by atoms with Crippen molar-refractivity contribution in [2.45, 2.75) is 40.0 Å². The molecule has 5 heteroatoms. The molecule has 0 heterocycles. The molecule has 0 aliphatic heterocycles. The summed E-state index contributed by atoms with van der Waals surface area (Å²) in [5.41, 5.74) is 5.00. The molecule has 0 bridgehead atoms. The Bertz CT molecular complexity index is 830. The quantitative estimate of drug-likeness (QED) is 0.657. The summed E-state index contributed by atoms with van der Waals surface area (Å²) >= 11 is 0. The first-order valence-corrected chi connectivity index (χ1v) is 9.90. The van der Waals surface area contributed by atoms with Gasteiger partial charge in [-0.2, -0.15) is 0 Å². The Labute approximate surface area is 168 Å². The highest BCUT2D eigenvalue weighted by Gasteiger charge is 2.17. The van der Waals surface area contributed by atoms with Crippen LogP contribution in [0.25, 0.3) is 0 Å². The van der Waals surface area contributed by atoms with E-state index < -0.39 is 0 Å². The fourth-order valence-corrected chi connectivity index (χ4v) is 3.28. The summed E-state index contributed by atoms with van der Waals surface area (Å²) in [5.74, 6) is 0.144. The third kappa shape index (κ3) is 5.92. The third-order valence-corrected chi connectivity index (χ3v) is 4.79. The van der Waals surface area contributed by atoms with Gasteiger partial charge in [-0.1, -0.05) is 57.2 Å². The number of amides is 2. The van der Waals surface area contributed by atoms with Gasteiger partial charge in [-0.15, -0.1) is 0 Å². The van der Waals surface area contributed by atoms with E-state index in [0.717, 1.165) is 39.4 Å². The number of nitrogens with one attached hydrogen (secondary N) is 3. The number of hydrogen-bond donors (Lipinski definition) is 3. The van der Waals surface area contributed by atoms with Crippen molar-refractivity contribution in [3.05, 3.63) is 59.2 Å². The molecule has 3 N–H and O–H groups in total. The van der Waals surface area contributed by atoms with E-state index in [2.05, 4.69) is 31.4 Å². The summed E-state index contributed by atoms with van der Waals surface area (Å²) in [4.78, 5) is 25.7. The van der Waals surface area contributed by atoms with Crippen LogP contribution in [0.15, 0.2) is 42.5 Å². The Morgan fingerprint density at radius 2 is 1.61 bits per heavy atom. The molecule has 0 saturated heterocycles. The van der Waals surface area contributed by atoms with Gasteiger partial charge < -0.3 is 15.5 Å². The minimum atomic E-state index is -0.0926. The standard InChI is InChI=1S/C23H31N3O2/c1-6-18-11-7-8-13-20(18)24-21(27)14-26(5)15-22(28)25-23-17(4)10-9-12-19(23)16(2)3/h7-13,16H,6,14-15H2,1-5H3,(H,24,27)(H,25,28)/p+1. The van der Waals surface area contributed by atoms with Gasteiger partial charge in [-0.25, -0.2) is 0 Å². The minimum absolute atomic E-state index is 0.0875. The predicted molar refractivity (Wildman–Crippen MR) is 115 cm³/mol. The zero-order valence-electron chi connectivity index (χ0n) is 17.6. The highest BCUT2D eigenvalue weighted by atomic mass is 16.2. The average molecular weight is 383 g/mol. The van der Waals surface area contributed by atoms with Crippen LogP contribution in [0.1, 0.15) is 43.4 Å².